The maximum Gasteiger partial charge on any atom is 0.194 e. The molecule has 0 N–H and O–H groups in total. The van der Waals surface area contributed by atoms with Crippen molar-refractivity contribution in [2.45, 2.75) is 0 Å². The van der Waals surface area contributed by atoms with Gasteiger partial charge in [-0.2, -0.15) is 0 Å². The Balaban J connectivity index is 2.03. The Hall–Kier alpha value is -1.88. The number of rotatable bonds is 2. The first-order valence-corrected chi connectivity index (χ1v) is 6.84. The summed E-state index contributed by atoms with van der Waals surface area (Å²) in [4.78, 5) is 12.4. The molecule has 102 valence electrons. The van der Waals surface area contributed by atoms with Crippen molar-refractivity contribution in [2.75, 3.05) is 13.2 Å². The van der Waals surface area contributed by atoms with Gasteiger partial charge in [0.05, 0.1) is 0 Å². The first kappa shape index (κ1) is 13.1. The van der Waals surface area contributed by atoms with E-state index in [-0.39, 0.29) is 5.78 Å². The monoisotopic (exact) mass is 336 g/mol. The van der Waals surface area contributed by atoms with E-state index in [2.05, 4.69) is 15.9 Å². The van der Waals surface area contributed by atoms with E-state index < -0.39 is 5.82 Å². The molecule has 2 aromatic rings. The van der Waals surface area contributed by atoms with Crippen molar-refractivity contribution in [1.82, 2.24) is 0 Å². The number of hydrogen-bond donors (Lipinski definition) is 0. The molecule has 0 atom stereocenters. The van der Waals surface area contributed by atoms with Crippen LogP contribution in [-0.2, 0) is 0 Å². The number of ketones is 1. The minimum atomic E-state index is -0.440. The Morgan fingerprint density at radius 1 is 1.10 bits per heavy atom. The highest BCUT2D eigenvalue weighted by atomic mass is 79.9. The van der Waals surface area contributed by atoms with Gasteiger partial charge in [0.2, 0.25) is 0 Å². The molecule has 1 aliphatic rings. The summed E-state index contributed by atoms with van der Waals surface area (Å²) in [5.41, 5.74) is 0.710. The number of carbonyl (C=O) groups excluding carboxylic acids is 1. The number of fused-ring (bicyclic) bond motifs is 1. The second-order valence-electron chi connectivity index (χ2n) is 4.32. The maximum absolute atomic E-state index is 13.2. The van der Waals surface area contributed by atoms with Crippen LogP contribution in [0.4, 0.5) is 4.39 Å². The van der Waals surface area contributed by atoms with E-state index in [0.717, 1.165) is 0 Å². The van der Waals surface area contributed by atoms with Crippen molar-refractivity contribution in [2.24, 2.45) is 0 Å². The average molecular weight is 337 g/mol. The molecule has 0 saturated carbocycles. The molecule has 0 aliphatic carbocycles. The molecule has 0 saturated heterocycles. The van der Waals surface area contributed by atoms with Crippen LogP contribution in [0, 0.1) is 5.82 Å². The van der Waals surface area contributed by atoms with Crippen LogP contribution in [0.15, 0.2) is 40.9 Å². The zero-order valence-electron chi connectivity index (χ0n) is 10.4. The summed E-state index contributed by atoms with van der Waals surface area (Å²) in [5, 5.41) is 0. The first-order valence-electron chi connectivity index (χ1n) is 6.04. The van der Waals surface area contributed by atoms with E-state index in [0.29, 0.717) is 40.3 Å². The zero-order chi connectivity index (χ0) is 14.1. The topological polar surface area (TPSA) is 35.5 Å². The Morgan fingerprint density at radius 2 is 1.80 bits per heavy atom. The molecule has 3 nitrogen and oxygen atoms in total. The van der Waals surface area contributed by atoms with Crippen molar-refractivity contribution >= 4 is 21.7 Å². The van der Waals surface area contributed by atoms with Gasteiger partial charge in [-0.05, 0) is 40.2 Å². The lowest BCUT2D eigenvalue weighted by molar-refractivity contribution is 0.103. The highest BCUT2D eigenvalue weighted by molar-refractivity contribution is 9.10. The van der Waals surface area contributed by atoms with Crippen molar-refractivity contribution in [1.29, 1.82) is 0 Å². The van der Waals surface area contributed by atoms with Crippen LogP contribution in [-0.4, -0.2) is 19.0 Å². The van der Waals surface area contributed by atoms with Gasteiger partial charge in [-0.25, -0.2) is 4.39 Å². The van der Waals surface area contributed by atoms with Crippen LogP contribution in [0.25, 0.3) is 0 Å². The second kappa shape index (κ2) is 5.25. The second-order valence-corrected chi connectivity index (χ2v) is 5.17. The summed E-state index contributed by atoms with van der Waals surface area (Å²) in [6.07, 6.45) is 0. The van der Waals surface area contributed by atoms with Crippen LogP contribution in [0.5, 0.6) is 11.5 Å². The summed E-state index contributed by atoms with van der Waals surface area (Å²) in [7, 11) is 0. The van der Waals surface area contributed by atoms with Gasteiger partial charge in [-0.1, -0.05) is 12.1 Å². The van der Waals surface area contributed by atoms with Gasteiger partial charge in [-0.3, -0.25) is 4.79 Å². The van der Waals surface area contributed by atoms with Crippen LogP contribution >= 0.6 is 15.9 Å². The highest BCUT2D eigenvalue weighted by Gasteiger charge is 2.19. The third-order valence-corrected chi connectivity index (χ3v) is 3.62. The zero-order valence-corrected chi connectivity index (χ0v) is 11.9. The van der Waals surface area contributed by atoms with E-state index in [1.807, 2.05) is 0 Å². The third-order valence-electron chi connectivity index (χ3n) is 2.96. The molecule has 0 radical (unpaired) electrons. The Morgan fingerprint density at radius 3 is 2.50 bits per heavy atom. The van der Waals surface area contributed by atoms with Gasteiger partial charge < -0.3 is 9.47 Å². The van der Waals surface area contributed by atoms with Crippen LogP contribution in [0.1, 0.15) is 15.9 Å². The third kappa shape index (κ3) is 2.41. The predicted molar refractivity (Wildman–Crippen MR) is 75.0 cm³/mol. The Bertz CT molecular complexity index is 685. The molecular formula is C15H10BrFO3. The fraction of sp³-hybridized carbons (Fsp3) is 0.133. The molecule has 1 heterocycles. The van der Waals surface area contributed by atoms with E-state index in [1.165, 1.54) is 18.2 Å². The Labute approximate surface area is 123 Å². The van der Waals surface area contributed by atoms with Gasteiger partial charge in [0, 0.05) is 15.6 Å². The molecule has 0 spiro atoms. The number of ether oxygens (including phenoxy) is 2. The molecule has 0 unspecified atom stereocenters. The molecule has 3 rings (SSSR count). The SMILES string of the molecule is O=C(c1cccc(F)c1)c1cc2c(cc1Br)OCCO2. The summed E-state index contributed by atoms with van der Waals surface area (Å²) < 4.78 is 24.7. The highest BCUT2D eigenvalue weighted by Crippen LogP contribution is 2.36. The van der Waals surface area contributed by atoms with E-state index in [9.17, 15) is 9.18 Å². The van der Waals surface area contributed by atoms with E-state index in [4.69, 9.17) is 9.47 Å². The van der Waals surface area contributed by atoms with Crippen molar-refractivity contribution in [3.8, 4) is 11.5 Å². The fourth-order valence-corrected chi connectivity index (χ4v) is 2.53. The number of halogens is 2. The smallest absolute Gasteiger partial charge is 0.194 e. The summed E-state index contributed by atoms with van der Waals surface area (Å²) >= 11 is 3.34. The number of carbonyl (C=O) groups is 1. The lowest BCUT2D eigenvalue weighted by atomic mass is 10.0. The predicted octanol–water partition coefficient (Wildman–Crippen LogP) is 3.59. The van der Waals surface area contributed by atoms with Gasteiger partial charge in [0.1, 0.15) is 19.0 Å². The molecule has 0 fully saturated rings. The molecule has 0 amide bonds. The van der Waals surface area contributed by atoms with Gasteiger partial charge in [0.15, 0.2) is 17.3 Å². The van der Waals surface area contributed by atoms with E-state index in [1.54, 1.807) is 18.2 Å². The average Bonchev–Trinajstić information content (AvgIpc) is 2.46. The molecule has 2 aromatic carbocycles. The Kier molecular flexibility index (Phi) is 3.44. The van der Waals surface area contributed by atoms with Crippen LogP contribution < -0.4 is 9.47 Å². The maximum atomic E-state index is 13.2. The van der Waals surface area contributed by atoms with Gasteiger partial charge >= 0.3 is 0 Å². The lowest BCUT2D eigenvalue weighted by Crippen LogP contribution is -2.16. The van der Waals surface area contributed by atoms with Gasteiger partial charge in [-0.15, -0.1) is 0 Å². The van der Waals surface area contributed by atoms with Crippen molar-refractivity contribution in [3.05, 3.63) is 57.8 Å². The normalized spacial score (nSPS) is 13.1. The molecule has 0 bridgehead atoms. The fourth-order valence-electron chi connectivity index (χ4n) is 2.02. The summed E-state index contributed by atoms with van der Waals surface area (Å²) in [5.74, 6) is 0.413. The van der Waals surface area contributed by atoms with E-state index >= 15 is 0 Å². The largest absolute Gasteiger partial charge is 0.486 e. The van der Waals surface area contributed by atoms with Gasteiger partial charge in [0.25, 0.3) is 0 Å². The summed E-state index contributed by atoms with van der Waals surface area (Å²) in [6, 6.07) is 8.91. The molecule has 1 aliphatic heterocycles. The van der Waals surface area contributed by atoms with Crippen molar-refractivity contribution in [3.63, 3.8) is 0 Å². The minimum Gasteiger partial charge on any atom is -0.486 e. The first-order chi connectivity index (χ1) is 9.65. The minimum absolute atomic E-state index is 0.270. The van der Waals surface area contributed by atoms with Crippen LogP contribution in [0.3, 0.4) is 0 Å². The molecule has 5 heteroatoms. The number of benzene rings is 2. The van der Waals surface area contributed by atoms with Crippen molar-refractivity contribution < 1.29 is 18.7 Å². The standard InChI is InChI=1S/C15H10BrFO3/c16-12-8-14-13(19-4-5-20-14)7-11(12)15(18)9-2-1-3-10(17)6-9/h1-3,6-8H,4-5H2. The van der Waals surface area contributed by atoms with Crippen LogP contribution in [0.2, 0.25) is 0 Å². The summed E-state index contributed by atoms with van der Waals surface area (Å²) in [6.45, 7) is 0.929. The molecular weight excluding hydrogens is 327 g/mol. The number of hydrogen-bond acceptors (Lipinski definition) is 3. The lowest BCUT2D eigenvalue weighted by Gasteiger charge is -2.19. The quantitative estimate of drug-likeness (QED) is 0.786. The molecule has 20 heavy (non-hydrogen) atoms. The molecule has 0 aromatic heterocycles.